The van der Waals surface area contributed by atoms with E-state index in [0.29, 0.717) is 6.61 Å². The lowest BCUT2D eigenvalue weighted by Crippen LogP contribution is -1.98. The van der Waals surface area contributed by atoms with Crippen LogP contribution < -0.4 is 0 Å². The lowest BCUT2D eigenvalue weighted by atomic mass is 10.2. The number of halogens is 1. The van der Waals surface area contributed by atoms with Gasteiger partial charge >= 0.3 is 0 Å². The SMILES string of the molecule is Cc1nn(CCCCCCO)cc1Cl. The maximum absolute atomic E-state index is 8.59. The maximum atomic E-state index is 8.59. The van der Waals surface area contributed by atoms with Crippen molar-refractivity contribution in [3.63, 3.8) is 0 Å². The summed E-state index contributed by atoms with van der Waals surface area (Å²) in [6.45, 7) is 3.12. The lowest BCUT2D eigenvalue weighted by Gasteiger charge is -2.00. The molecule has 0 saturated heterocycles. The van der Waals surface area contributed by atoms with E-state index in [-0.39, 0.29) is 0 Å². The summed E-state index contributed by atoms with van der Waals surface area (Å²) >= 11 is 5.88. The highest BCUT2D eigenvalue weighted by Gasteiger charge is 2.00. The molecule has 0 unspecified atom stereocenters. The molecular formula is C10H17ClN2O. The quantitative estimate of drug-likeness (QED) is 0.742. The summed E-state index contributed by atoms with van der Waals surface area (Å²) in [5.41, 5.74) is 0.891. The van der Waals surface area contributed by atoms with Crippen LogP contribution in [0.4, 0.5) is 0 Å². The molecule has 80 valence electrons. The lowest BCUT2D eigenvalue weighted by molar-refractivity contribution is 0.282. The van der Waals surface area contributed by atoms with Crippen LogP contribution in [0.25, 0.3) is 0 Å². The van der Waals surface area contributed by atoms with Crippen LogP contribution in [0, 0.1) is 6.92 Å². The minimum absolute atomic E-state index is 0.298. The highest BCUT2D eigenvalue weighted by atomic mass is 35.5. The van der Waals surface area contributed by atoms with Gasteiger partial charge in [-0.1, -0.05) is 24.4 Å². The third kappa shape index (κ3) is 3.68. The first-order chi connectivity index (χ1) is 6.74. The number of rotatable bonds is 6. The van der Waals surface area contributed by atoms with Crippen LogP contribution in [-0.4, -0.2) is 21.5 Å². The van der Waals surface area contributed by atoms with Crippen LogP contribution in [0.15, 0.2) is 6.20 Å². The van der Waals surface area contributed by atoms with Crippen molar-refractivity contribution >= 4 is 11.6 Å². The van der Waals surface area contributed by atoms with Crippen molar-refractivity contribution in [2.45, 2.75) is 39.2 Å². The number of nitrogens with zero attached hydrogens (tertiary/aromatic N) is 2. The number of aliphatic hydroxyl groups is 1. The molecule has 1 aromatic rings. The van der Waals surface area contributed by atoms with Gasteiger partial charge in [-0.2, -0.15) is 5.10 Å². The van der Waals surface area contributed by atoms with E-state index in [1.807, 2.05) is 17.8 Å². The van der Waals surface area contributed by atoms with Crippen LogP contribution in [0.5, 0.6) is 0 Å². The molecule has 3 nitrogen and oxygen atoms in total. The zero-order chi connectivity index (χ0) is 10.4. The molecule has 4 heteroatoms. The third-order valence-corrected chi connectivity index (χ3v) is 2.55. The van der Waals surface area contributed by atoms with Crippen molar-refractivity contribution in [1.82, 2.24) is 9.78 Å². The van der Waals surface area contributed by atoms with Gasteiger partial charge in [0.1, 0.15) is 0 Å². The minimum Gasteiger partial charge on any atom is -0.396 e. The largest absolute Gasteiger partial charge is 0.396 e. The second kappa shape index (κ2) is 6.04. The molecule has 0 fully saturated rings. The highest BCUT2D eigenvalue weighted by molar-refractivity contribution is 6.31. The first kappa shape index (κ1) is 11.5. The zero-order valence-corrected chi connectivity index (χ0v) is 9.30. The summed E-state index contributed by atoms with van der Waals surface area (Å²) in [4.78, 5) is 0. The summed E-state index contributed by atoms with van der Waals surface area (Å²) < 4.78 is 1.89. The molecule has 0 aromatic carbocycles. The van der Waals surface area contributed by atoms with Crippen molar-refractivity contribution in [3.05, 3.63) is 16.9 Å². The molecule has 1 rings (SSSR count). The molecule has 0 saturated carbocycles. The number of aryl methyl sites for hydroxylation is 2. The van der Waals surface area contributed by atoms with Gasteiger partial charge in [-0.05, 0) is 19.8 Å². The molecule has 0 atom stereocenters. The Hall–Kier alpha value is -0.540. The van der Waals surface area contributed by atoms with E-state index in [1.165, 1.54) is 0 Å². The minimum atomic E-state index is 0.298. The Balaban J connectivity index is 2.18. The average molecular weight is 217 g/mol. The molecule has 14 heavy (non-hydrogen) atoms. The number of aromatic nitrogens is 2. The molecule has 0 radical (unpaired) electrons. The average Bonchev–Trinajstić information content (AvgIpc) is 2.46. The van der Waals surface area contributed by atoms with Crippen molar-refractivity contribution in [2.75, 3.05) is 6.61 Å². The molecule has 1 N–H and O–H groups in total. The first-order valence-corrected chi connectivity index (χ1v) is 5.42. The van der Waals surface area contributed by atoms with E-state index in [2.05, 4.69) is 5.10 Å². The standard InChI is InChI=1S/C10H17ClN2O/c1-9-10(11)8-13(12-9)6-4-2-3-5-7-14/h8,14H,2-7H2,1H3. The van der Waals surface area contributed by atoms with Crippen LogP contribution in [0.3, 0.4) is 0 Å². The summed E-state index contributed by atoms with van der Waals surface area (Å²) in [6.07, 6.45) is 6.08. The van der Waals surface area contributed by atoms with Crippen LogP contribution in [0.1, 0.15) is 31.4 Å². The Kier molecular flexibility index (Phi) is 4.98. The highest BCUT2D eigenvalue weighted by Crippen LogP contribution is 2.12. The molecule has 1 aromatic heterocycles. The Morgan fingerprint density at radius 3 is 2.64 bits per heavy atom. The van der Waals surface area contributed by atoms with Crippen LogP contribution >= 0.6 is 11.6 Å². The number of aliphatic hydroxyl groups excluding tert-OH is 1. The first-order valence-electron chi connectivity index (χ1n) is 5.04. The second-order valence-electron chi connectivity index (χ2n) is 3.46. The summed E-state index contributed by atoms with van der Waals surface area (Å²) in [6, 6.07) is 0. The smallest absolute Gasteiger partial charge is 0.0814 e. The van der Waals surface area contributed by atoms with E-state index in [0.717, 1.165) is 42.9 Å². The number of hydrogen-bond acceptors (Lipinski definition) is 2. The third-order valence-electron chi connectivity index (χ3n) is 2.18. The Labute approximate surface area is 89.7 Å². The summed E-state index contributed by atoms with van der Waals surface area (Å²) in [5, 5.41) is 13.6. The summed E-state index contributed by atoms with van der Waals surface area (Å²) in [5.74, 6) is 0. The van der Waals surface area contributed by atoms with Crippen molar-refractivity contribution in [3.8, 4) is 0 Å². The van der Waals surface area contributed by atoms with Crippen molar-refractivity contribution < 1.29 is 5.11 Å². The second-order valence-corrected chi connectivity index (χ2v) is 3.87. The summed E-state index contributed by atoms with van der Waals surface area (Å²) in [7, 11) is 0. The van der Waals surface area contributed by atoms with Gasteiger partial charge in [0.2, 0.25) is 0 Å². The Bertz CT molecular complexity index is 254. The fourth-order valence-electron chi connectivity index (χ4n) is 1.35. The Morgan fingerprint density at radius 1 is 1.36 bits per heavy atom. The molecule has 0 bridgehead atoms. The van der Waals surface area contributed by atoms with E-state index in [1.54, 1.807) is 0 Å². The van der Waals surface area contributed by atoms with Crippen LogP contribution in [-0.2, 0) is 6.54 Å². The van der Waals surface area contributed by atoms with E-state index in [4.69, 9.17) is 16.7 Å². The number of hydrogen-bond donors (Lipinski definition) is 1. The number of unbranched alkanes of at least 4 members (excludes halogenated alkanes) is 3. The van der Waals surface area contributed by atoms with Gasteiger partial charge in [0.25, 0.3) is 0 Å². The van der Waals surface area contributed by atoms with Gasteiger partial charge in [0.15, 0.2) is 0 Å². The van der Waals surface area contributed by atoms with Gasteiger partial charge < -0.3 is 5.11 Å². The topological polar surface area (TPSA) is 38.0 Å². The van der Waals surface area contributed by atoms with Crippen LogP contribution in [0.2, 0.25) is 5.02 Å². The van der Waals surface area contributed by atoms with Gasteiger partial charge in [0.05, 0.1) is 10.7 Å². The fraction of sp³-hybridized carbons (Fsp3) is 0.700. The zero-order valence-electron chi connectivity index (χ0n) is 8.54. The van der Waals surface area contributed by atoms with E-state index in [9.17, 15) is 0 Å². The molecular weight excluding hydrogens is 200 g/mol. The van der Waals surface area contributed by atoms with Gasteiger partial charge in [-0.25, -0.2) is 0 Å². The van der Waals surface area contributed by atoms with Gasteiger partial charge in [-0.15, -0.1) is 0 Å². The fourth-order valence-corrected chi connectivity index (χ4v) is 1.50. The molecule has 0 amide bonds. The van der Waals surface area contributed by atoms with E-state index < -0.39 is 0 Å². The van der Waals surface area contributed by atoms with Gasteiger partial charge in [-0.3, -0.25) is 4.68 Å². The molecule has 1 heterocycles. The molecule has 0 aliphatic heterocycles. The predicted octanol–water partition coefficient (Wildman–Crippen LogP) is 2.40. The molecule has 0 aliphatic carbocycles. The molecule has 0 spiro atoms. The van der Waals surface area contributed by atoms with Crippen molar-refractivity contribution in [1.29, 1.82) is 0 Å². The Morgan fingerprint density at radius 2 is 2.07 bits per heavy atom. The van der Waals surface area contributed by atoms with E-state index >= 15 is 0 Å². The van der Waals surface area contributed by atoms with Gasteiger partial charge in [0, 0.05) is 19.3 Å². The molecule has 0 aliphatic rings. The normalized spacial score (nSPS) is 10.8. The monoisotopic (exact) mass is 216 g/mol. The maximum Gasteiger partial charge on any atom is 0.0814 e. The predicted molar refractivity (Wildman–Crippen MR) is 57.5 cm³/mol. The van der Waals surface area contributed by atoms with Crippen molar-refractivity contribution in [2.24, 2.45) is 0 Å².